The summed E-state index contributed by atoms with van der Waals surface area (Å²) < 4.78 is 18.4. The van der Waals surface area contributed by atoms with Crippen molar-refractivity contribution in [1.29, 1.82) is 0 Å². The Balaban J connectivity index is 2.68. The van der Waals surface area contributed by atoms with Gasteiger partial charge in [-0.3, -0.25) is 0 Å². The molecule has 0 N–H and O–H groups in total. The smallest absolute Gasteiger partial charge is 0.165 e. The lowest BCUT2D eigenvalue weighted by molar-refractivity contribution is 0.321. The van der Waals surface area contributed by atoms with E-state index in [1.54, 1.807) is 12.1 Å². The fraction of sp³-hybridized carbons (Fsp3) is 0.455. The van der Waals surface area contributed by atoms with Crippen LogP contribution in [0, 0.1) is 5.82 Å². The first-order valence-electron chi connectivity index (χ1n) is 4.75. The number of halogens is 2. The van der Waals surface area contributed by atoms with Crippen LogP contribution in [0.4, 0.5) is 4.39 Å². The predicted molar refractivity (Wildman–Crippen MR) is 59.7 cm³/mol. The third kappa shape index (κ3) is 3.29. The summed E-state index contributed by atoms with van der Waals surface area (Å²) in [6, 6.07) is 5.16. The lowest BCUT2D eigenvalue weighted by Crippen LogP contribution is -1.96. The van der Waals surface area contributed by atoms with Gasteiger partial charge in [0.2, 0.25) is 0 Å². The molecule has 1 nitrogen and oxygen atoms in total. The second-order valence-electron chi connectivity index (χ2n) is 2.99. The Morgan fingerprint density at radius 3 is 2.79 bits per heavy atom. The van der Waals surface area contributed by atoms with E-state index in [-0.39, 0.29) is 5.82 Å². The van der Waals surface area contributed by atoms with Gasteiger partial charge in [0.05, 0.1) is 6.61 Å². The van der Waals surface area contributed by atoms with Crippen molar-refractivity contribution in [3.05, 3.63) is 29.6 Å². The molecular formula is C11H14BrFO. The molecular weight excluding hydrogens is 247 g/mol. The van der Waals surface area contributed by atoms with Crippen LogP contribution in [0.2, 0.25) is 0 Å². The van der Waals surface area contributed by atoms with Crippen LogP contribution >= 0.6 is 15.9 Å². The summed E-state index contributed by atoms with van der Waals surface area (Å²) in [5.41, 5.74) is 1.02. The SMILES string of the molecule is CCOc1ccc(CCCBr)cc1F. The van der Waals surface area contributed by atoms with Gasteiger partial charge in [-0.25, -0.2) is 4.39 Å². The molecule has 0 aliphatic rings. The molecule has 14 heavy (non-hydrogen) atoms. The van der Waals surface area contributed by atoms with E-state index in [4.69, 9.17) is 4.74 Å². The fourth-order valence-corrected chi connectivity index (χ4v) is 1.52. The Morgan fingerprint density at radius 1 is 1.43 bits per heavy atom. The molecule has 0 saturated heterocycles. The van der Waals surface area contributed by atoms with Gasteiger partial charge in [-0.05, 0) is 37.5 Å². The molecule has 0 atom stereocenters. The Kier molecular flexibility index (Phi) is 4.94. The minimum atomic E-state index is -0.265. The van der Waals surface area contributed by atoms with Gasteiger partial charge in [0.25, 0.3) is 0 Å². The van der Waals surface area contributed by atoms with E-state index in [0.29, 0.717) is 12.4 Å². The van der Waals surface area contributed by atoms with Crippen molar-refractivity contribution in [2.75, 3.05) is 11.9 Å². The summed E-state index contributed by atoms with van der Waals surface area (Å²) in [5.74, 6) is 0.0778. The molecule has 0 radical (unpaired) electrons. The zero-order chi connectivity index (χ0) is 10.4. The highest BCUT2D eigenvalue weighted by atomic mass is 79.9. The molecule has 1 aromatic rings. The molecule has 0 bridgehead atoms. The van der Waals surface area contributed by atoms with Gasteiger partial charge < -0.3 is 4.74 Å². The molecule has 0 aliphatic heterocycles. The first-order valence-corrected chi connectivity index (χ1v) is 5.87. The molecule has 0 heterocycles. The standard InChI is InChI=1S/C11H14BrFO/c1-2-14-11-6-5-9(4-3-7-12)8-10(11)13/h5-6,8H,2-4,7H2,1H3. The van der Waals surface area contributed by atoms with Gasteiger partial charge in [-0.2, -0.15) is 0 Å². The van der Waals surface area contributed by atoms with Crippen molar-refractivity contribution in [2.24, 2.45) is 0 Å². The second-order valence-corrected chi connectivity index (χ2v) is 3.78. The van der Waals surface area contributed by atoms with Gasteiger partial charge in [-0.15, -0.1) is 0 Å². The molecule has 78 valence electrons. The summed E-state index contributed by atoms with van der Waals surface area (Å²) >= 11 is 3.35. The molecule has 0 amide bonds. The first-order chi connectivity index (χ1) is 6.77. The Labute approximate surface area is 92.4 Å². The Morgan fingerprint density at radius 2 is 2.21 bits per heavy atom. The van der Waals surface area contributed by atoms with Gasteiger partial charge in [-0.1, -0.05) is 22.0 Å². The summed E-state index contributed by atoms with van der Waals surface area (Å²) in [5, 5.41) is 0.946. The van der Waals surface area contributed by atoms with Crippen LogP contribution in [0.5, 0.6) is 5.75 Å². The number of alkyl halides is 1. The lowest BCUT2D eigenvalue weighted by Gasteiger charge is -2.06. The van der Waals surface area contributed by atoms with Crippen molar-refractivity contribution >= 4 is 15.9 Å². The average Bonchev–Trinajstić information content (AvgIpc) is 2.19. The van der Waals surface area contributed by atoms with E-state index in [0.717, 1.165) is 23.7 Å². The van der Waals surface area contributed by atoms with Crippen LogP contribution in [0.15, 0.2) is 18.2 Å². The van der Waals surface area contributed by atoms with E-state index < -0.39 is 0 Å². The van der Waals surface area contributed by atoms with Crippen LogP contribution in [0.1, 0.15) is 18.9 Å². The van der Waals surface area contributed by atoms with Crippen LogP contribution in [0.3, 0.4) is 0 Å². The van der Waals surface area contributed by atoms with E-state index in [1.165, 1.54) is 0 Å². The third-order valence-corrected chi connectivity index (χ3v) is 2.46. The lowest BCUT2D eigenvalue weighted by atomic mass is 10.1. The molecule has 0 spiro atoms. The number of hydrogen-bond acceptors (Lipinski definition) is 1. The predicted octanol–water partition coefficient (Wildman–Crippen LogP) is 3.55. The van der Waals surface area contributed by atoms with Crippen molar-refractivity contribution in [3.63, 3.8) is 0 Å². The summed E-state index contributed by atoms with van der Waals surface area (Å²) in [4.78, 5) is 0. The molecule has 1 rings (SSSR count). The third-order valence-electron chi connectivity index (χ3n) is 1.90. The van der Waals surface area contributed by atoms with Gasteiger partial charge in [0, 0.05) is 5.33 Å². The minimum absolute atomic E-state index is 0.265. The quantitative estimate of drug-likeness (QED) is 0.736. The van der Waals surface area contributed by atoms with Crippen LogP contribution < -0.4 is 4.74 Å². The molecule has 0 fully saturated rings. The summed E-state index contributed by atoms with van der Waals surface area (Å²) in [7, 11) is 0. The van der Waals surface area contributed by atoms with Gasteiger partial charge >= 0.3 is 0 Å². The Bertz CT molecular complexity index is 289. The highest BCUT2D eigenvalue weighted by Gasteiger charge is 2.03. The second kappa shape index (κ2) is 6.02. The van der Waals surface area contributed by atoms with E-state index in [2.05, 4.69) is 15.9 Å². The molecule has 0 aromatic heterocycles. The zero-order valence-corrected chi connectivity index (χ0v) is 9.81. The van der Waals surface area contributed by atoms with Crippen molar-refractivity contribution < 1.29 is 9.13 Å². The van der Waals surface area contributed by atoms with E-state index >= 15 is 0 Å². The highest BCUT2D eigenvalue weighted by Crippen LogP contribution is 2.19. The monoisotopic (exact) mass is 260 g/mol. The maximum atomic E-state index is 13.3. The summed E-state index contributed by atoms with van der Waals surface area (Å²) in [6.45, 7) is 2.34. The average molecular weight is 261 g/mol. The normalized spacial score (nSPS) is 10.2. The molecule has 0 aliphatic carbocycles. The van der Waals surface area contributed by atoms with Gasteiger partial charge in [0.1, 0.15) is 0 Å². The molecule has 1 aromatic carbocycles. The van der Waals surface area contributed by atoms with Crippen molar-refractivity contribution in [2.45, 2.75) is 19.8 Å². The maximum absolute atomic E-state index is 13.3. The fourth-order valence-electron chi connectivity index (χ4n) is 1.24. The number of ether oxygens (including phenoxy) is 1. The zero-order valence-electron chi connectivity index (χ0n) is 8.22. The topological polar surface area (TPSA) is 9.23 Å². The molecule has 3 heteroatoms. The number of rotatable bonds is 5. The minimum Gasteiger partial charge on any atom is -0.491 e. The van der Waals surface area contributed by atoms with Crippen LogP contribution in [-0.2, 0) is 6.42 Å². The van der Waals surface area contributed by atoms with Crippen molar-refractivity contribution in [3.8, 4) is 5.75 Å². The number of aryl methyl sites for hydroxylation is 1. The summed E-state index contributed by atoms with van der Waals surface area (Å²) in [6.07, 6.45) is 1.92. The largest absolute Gasteiger partial charge is 0.491 e. The van der Waals surface area contributed by atoms with Crippen molar-refractivity contribution in [1.82, 2.24) is 0 Å². The Hall–Kier alpha value is -0.570. The number of hydrogen-bond donors (Lipinski definition) is 0. The van der Waals surface area contributed by atoms with E-state index in [1.807, 2.05) is 13.0 Å². The maximum Gasteiger partial charge on any atom is 0.165 e. The van der Waals surface area contributed by atoms with Gasteiger partial charge in [0.15, 0.2) is 11.6 Å². The number of benzene rings is 1. The van der Waals surface area contributed by atoms with E-state index in [9.17, 15) is 4.39 Å². The highest BCUT2D eigenvalue weighted by molar-refractivity contribution is 9.09. The van der Waals surface area contributed by atoms with Crippen LogP contribution in [-0.4, -0.2) is 11.9 Å². The molecule has 0 unspecified atom stereocenters. The molecule has 0 saturated carbocycles. The first kappa shape index (κ1) is 11.5. The van der Waals surface area contributed by atoms with Crippen LogP contribution in [0.25, 0.3) is 0 Å².